The topological polar surface area (TPSA) is 83.4 Å². The highest BCUT2D eigenvalue weighted by Crippen LogP contribution is 2.44. The molecule has 158 valence electrons. The molecular formula is C24H29N3O3. The molecule has 6 nitrogen and oxygen atoms in total. The van der Waals surface area contributed by atoms with Gasteiger partial charge in [-0.25, -0.2) is 0 Å². The number of carbonyl (C=O) groups is 1. The van der Waals surface area contributed by atoms with Crippen LogP contribution in [0.2, 0.25) is 0 Å². The Hall–Kier alpha value is -3.46. The van der Waals surface area contributed by atoms with Crippen LogP contribution in [0.25, 0.3) is 17.2 Å². The molecule has 0 saturated heterocycles. The van der Waals surface area contributed by atoms with Gasteiger partial charge in [0.15, 0.2) is 6.19 Å². The molecule has 0 bridgehead atoms. The number of hydrogen-bond donors (Lipinski definition) is 2. The molecule has 0 atom stereocenters. The van der Waals surface area contributed by atoms with Crippen molar-refractivity contribution < 1.29 is 14.3 Å². The average Bonchev–Trinajstić information content (AvgIpc) is 2.70. The predicted octanol–water partition coefficient (Wildman–Crippen LogP) is 4.81. The first-order chi connectivity index (χ1) is 14.2. The minimum atomic E-state index is -0.451. The molecule has 1 amide bonds. The van der Waals surface area contributed by atoms with E-state index >= 15 is 0 Å². The van der Waals surface area contributed by atoms with Crippen molar-refractivity contribution in [2.24, 2.45) is 0 Å². The van der Waals surface area contributed by atoms with E-state index in [1.54, 1.807) is 33.4 Å². The van der Waals surface area contributed by atoms with Gasteiger partial charge in [0, 0.05) is 39.6 Å². The average molecular weight is 408 g/mol. The lowest BCUT2D eigenvalue weighted by atomic mass is 9.91. The number of anilines is 1. The second-order valence-electron chi connectivity index (χ2n) is 7.37. The summed E-state index contributed by atoms with van der Waals surface area (Å²) in [6.45, 7) is 9.75. The first-order valence-electron chi connectivity index (χ1n) is 9.74. The van der Waals surface area contributed by atoms with Gasteiger partial charge in [0.2, 0.25) is 0 Å². The van der Waals surface area contributed by atoms with Crippen molar-refractivity contribution in [2.45, 2.75) is 40.7 Å². The smallest absolute Gasteiger partial charge is 0.259 e. The van der Waals surface area contributed by atoms with E-state index in [1.807, 2.05) is 26.0 Å². The van der Waals surface area contributed by atoms with Crippen LogP contribution in [0.3, 0.4) is 0 Å². The highest BCUT2D eigenvalue weighted by Gasteiger charge is 2.22. The molecule has 0 aliphatic carbocycles. The Bertz CT molecular complexity index is 1000. The Morgan fingerprint density at radius 2 is 1.67 bits per heavy atom. The zero-order chi connectivity index (χ0) is 22.4. The van der Waals surface area contributed by atoms with E-state index in [9.17, 15) is 4.79 Å². The summed E-state index contributed by atoms with van der Waals surface area (Å²) in [7, 11) is 3.24. The fourth-order valence-electron chi connectivity index (χ4n) is 3.50. The summed E-state index contributed by atoms with van der Waals surface area (Å²) in [5.74, 6) is 0.933. The fraction of sp³-hybridized carbons (Fsp3) is 0.333. The van der Waals surface area contributed by atoms with Gasteiger partial charge in [0.05, 0.1) is 14.2 Å². The number of ether oxygens (including phenoxy) is 2. The van der Waals surface area contributed by atoms with E-state index in [4.69, 9.17) is 14.7 Å². The first-order valence-corrected chi connectivity index (χ1v) is 9.74. The van der Waals surface area contributed by atoms with Crippen molar-refractivity contribution in [3.63, 3.8) is 0 Å². The lowest BCUT2D eigenvalue weighted by Gasteiger charge is -2.21. The van der Waals surface area contributed by atoms with Gasteiger partial charge in [-0.15, -0.1) is 0 Å². The zero-order valence-corrected chi connectivity index (χ0v) is 18.6. The largest absolute Gasteiger partial charge is 0.496 e. The van der Waals surface area contributed by atoms with Crippen LogP contribution in [0.1, 0.15) is 37.5 Å². The summed E-state index contributed by atoms with van der Waals surface area (Å²) < 4.78 is 11.5. The maximum atomic E-state index is 12.0. The van der Waals surface area contributed by atoms with E-state index < -0.39 is 5.91 Å². The van der Waals surface area contributed by atoms with Crippen LogP contribution >= 0.6 is 0 Å². The van der Waals surface area contributed by atoms with Gasteiger partial charge in [-0.1, -0.05) is 12.1 Å². The standard InChI is InChI=1S/C24H29N3O3/c1-14(2)27-19-10-8-18(9-11-19)21-17(5)22(29-6)20(16(4)23(21)30-7)12-15(3)24(28)26-13-25/h8-12,14,27H,1-7H3,(H,26,28)/b15-12+. The quantitative estimate of drug-likeness (QED) is 0.391. The molecule has 30 heavy (non-hydrogen) atoms. The van der Waals surface area contributed by atoms with Crippen LogP contribution in [0, 0.1) is 25.3 Å². The Balaban J connectivity index is 2.67. The van der Waals surface area contributed by atoms with E-state index in [1.165, 1.54) is 0 Å². The Kier molecular flexibility index (Phi) is 7.48. The molecule has 2 aromatic rings. The third kappa shape index (κ3) is 4.74. The van der Waals surface area contributed by atoms with Gasteiger partial charge in [-0.05, 0) is 58.4 Å². The fourth-order valence-corrected chi connectivity index (χ4v) is 3.50. The molecule has 0 spiro atoms. The number of benzene rings is 2. The molecule has 0 fully saturated rings. The van der Waals surface area contributed by atoms with Gasteiger partial charge in [0.25, 0.3) is 5.91 Å². The molecule has 0 saturated carbocycles. The highest BCUT2D eigenvalue weighted by atomic mass is 16.5. The Labute approximate surface area is 178 Å². The van der Waals surface area contributed by atoms with Crippen LogP contribution in [0.15, 0.2) is 29.8 Å². The number of rotatable bonds is 7. The van der Waals surface area contributed by atoms with Crippen molar-refractivity contribution >= 4 is 17.7 Å². The van der Waals surface area contributed by atoms with E-state index in [0.717, 1.165) is 39.3 Å². The minimum Gasteiger partial charge on any atom is -0.496 e. The number of nitrogens with one attached hydrogen (secondary N) is 2. The van der Waals surface area contributed by atoms with Gasteiger partial charge in [-0.2, -0.15) is 5.26 Å². The Morgan fingerprint density at radius 1 is 1.07 bits per heavy atom. The summed E-state index contributed by atoms with van der Waals surface area (Å²) in [5, 5.41) is 14.2. The van der Waals surface area contributed by atoms with Crippen molar-refractivity contribution in [1.29, 1.82) is 5.26 Å². The SMILES string of the molecule is COc1c(C)c(-c2ccc(NC(C)C)cc2)c(OC)c(C)c1/C=C(\C)C(=O)NC#N. The van der Waals surface area contributed by atoms with Gasteiger partial charge >= 0.3 is 0 Å². The van der Waals surface area contributed by atoms with Crippen LogP contribution in [-0.4, -0.2) is 26.2 Å². The van der Waals surface area contributed by atoms with Gasteiger partial charge in [0.1, 0.15) is 11.5 Å². The normalized spacial score (nSPS) is 11.1. The van der Waals surface area contributed by atoms with E-state index in [-0.39, 0.29) is 0 Å². The van der Waals surface area contributed by atoms with Crippen LogP contribution < -0.4 is 20.1 Å². The predicted molar refractivity (Wildman–Crippen MR) is 121 cm³/mol. The van der Waals surface area contributed by atoms with Crippen molar-refractivity contribution in [2.75, 3.05) is 19.5 Å². The molecule has 6 heteroatoms. The molecule has 2 rings (SSSR count). The van der Waals surface area contributed by atoms with Crippen molar-refractivity contribution in [3.05, 3.63) is 46.5 Å². The lowest BCUT2D eigenvalue weighted by Crippen LogP contribution is -2.18. The summed E-state index contributed by atoms with van der Waals surface area (Å²) in [6, 6.07) is 8.54. The summed E-state index contributed by atoms with van der Waals surface area (Å²) in [6.07, 6.45) is 3.37. The van der Waals surface area contributed by atoms with Crippen LogP contribution in [0.5, 0.6) is 11.5 Å². The third-order valence-corrected chi connectivity index (χ3v) is 4.86. The molecule has 0 unspecified atom stereocenters. The molecule has 2 aromatic carbocycles. The lowest BCUT2D eigenvalue weighted by molar-refractivity contribution is -0.116. The maximum Gasteiger partial charge on any atom is 0.259 e. The molecule has 0 aliphatic heterocycles. The Morgan fingerprint density at radius 3 is 2.17 bits per heavy atom. The minimum absolute atomic E-state index is 0.349. The first kappa shape index (κ1) is 22.8. The molecule has 0 heterocycles. The molecule has 0 radical (unpaired) electrons. The summed E-state index contributed by atoms with van der Waals surface area (Å²) in [4.78, 5) is 12.0. The van der Waals surface area contributed by atoms with E-state index in [0.29, 0.717) is 17.4 Å². The second kappa shape index (κ2) is 9.84. The molecular weight excluding hydrogens is 378 g/mol. The number of nitrogens with zero attached hydrogens (tertiary/aromatic N) is 1. The zero-order valence-electron chi connectivity index (χ0n) is 18.6. The van der Waals surface area contributed by atoms with Gasteiger partial charge in [-0.3, -0.25) is 10.1 Å². The monoisotopic (exact) mass is 407 g/mol. The second-order valence-corrected chi connectivity index (χ2v) is 7.37. The number of amides is 1. The maximum absolute atomic E-state index is 12.0. The number of methoxy groups -OCH3 is 2. The molecule has 0 aliphatic rings. The van der Waals surface area contributed by atoms with Crippen LogP contribution in [0.4, 0.5) is 5.69 Å². The summed E-state index contributed by atoms with van der Waals surface area (Å²) in [5.41, 5.74) is 5.91. The third-order valence-electron chi connectivity index (χ3n) is 4.86. The number of carbonyl (C=O) groups excluding carboxylic acids is 1. The van der Waals surface area contributed by atoms with Crippen LogP contribution in [-0.2, 0) is 4.79 Å². The molecule has 2 N–H and O–H groups in total. The number of nitriles is 1. The number of hydrogen-bond acceptors (Lipinski definition) is 5. The van der Waals surface area contributed by atoms with Gasteiger partial charge < -0.3 is 14.8 Å². The van der Waals surface area contributed by atoms with E-state index in [2.05, 4.69) is 36.6 Å². The highest BCUT2D eigenvalue weighted by molar-refractivity contribution is 5.99. The van der Waals surface area contributed by atoms with Crippen molar-refractivity contribution in [1.82, 2.24) is 5.32 Å². The van der Waals surface area contributed by atoms with Crippen molar-refractivity contribution in [3.8, 4) is 28.8 Å². The summed E-state index contributed by atoms with van der Waals surface area (Å²) >= 11 is 0. The molecule has 0 aromatic heterocycles.